The number of aliphatic hydroxyl groups is 1. The van der Waals surface area contributed by atoms with Crippen LogP contribution >= 0.6 is 23.2 Å². The molecule has 2 N–H and O–H groups in total. The molecule has 0 radical (unpaired) electrons. The van der Waals surface area contributed by atoms with Gasteiger partial charge in [-0.05, 0) is 38.5 Å². The zero-order valence-electron chi connectivity index (χ0n) is 19.9. The summed E-state index contributed by atoms with van der Waals surface area (Å²) in [6.45, 7) is 3.69. The van der Waals surface area contributed by atoms with E-state index >= 15 is 0 Å². The number of hydrogen-bond donors (Lipinski definition) is 2. The predicted octanol–water partition coefficient (Wildman–Crippen LogP) is 4.57. The highest BCUT2D eigenvalue weighted by atomic mass is 35.5. The summed E-state index contributed by atoms with van der Waals surface area (Å²) in [7, 11) is 0. The fraction of sp³-hybridized carbons (Fsp3) is 0.375. The van der Waals surface area contributed by atoms with Crippen molar-refractivity contribution in [1.29, 1.82) is 0 Å². The summed E-state index contributed by atoms with van der Waals surface area (Å²) in [5.41, 5.74) is -3.46. The molecule has 3 atom stereocenters. The van der Waals surface area contributed by atoms with E-state index < -0.39 is 62.9 Å². The van der Waals surface area contributed by atoms with E-state index in [1.165, 1.54) is 12.1 Å². The molecule has 14 heteroatoms. The lowest BCUT2D eigenvalue weighted by Crippen LogP contribution is -2.47. The van der Waals surface area contributed by atoms with Gasteiger partial charge >= 0.3 is 6.18 Å². The molecule has 1 saturated heterocycles. The number of hydrogen-bond acceptors (Lipinski definition) is 5. The lowest BCUT2D eigenvalue weighted by molar-refractivity contribution is -0.148. The van der Waals surface area contributed by atoms with Crippen molar-refractivity contribution in [3.8, 4) is 5.69 Å². The Labute approximate surface area is 222 Å². The van der Waals surface area contributed by atoms with Crippen molar-refractivity contribution in [2.75, 3.05) is 17.3 Å². The largest absolute Gasteiger partial charge is 0.409 e. The second kappa shape index (κ2) is 9.97. The first-order valence-electron chi connectivity index (χ1n) is 11.3. The van der Waals surface area contributed by atoms with Gasteiger partial charge in [0.1, 0.15) is 28.9 Å². The van der Waals surface area contributed by atoms with Crippen molar-refractivity contribution in [2.45, 2.75) is 44.1 Å². The summed E-state index contributed by atoms with van der Waals surface area (Å²) in [6.07, 6.45) is -3.69. The molecule has 4 rings (SSSR count). The number of nitrogens with zero attached hydrogens (tertiary/aromatic N) is 3. The Morgan fingerprint density at radius 2 is 2.00 bits per heavy atom. The van der Waals surface area contributed by atoms with Gasteiger partial charge in [-0.15, -0.1) is 11.6 Å². The highest BCUT2D eigenvalue weighted by Gasteiger charge is 2.41. The van der Waals surface area contributed by atoms with Gasteiger partial charge in [0.25, 0.3) is 5.91 Å². The third-order valence-electron chi connectivity index (χ3n) is 6.23. The molecule has 7 nitrogen and oxygen atoms in total. The van der Waals surface area contributed by atoms with Crippen LogP contribution in [-0.2, 0) is 0 Å². The van der Waals surface area contributed by atoms with Crippen LogP contribution in [0.15, 0.2) is 35.3 Å². The summed E-state index contributed by atoms with van der Waals surface area (Å²) in [6, 6.07) is 1.40. The number of pyridine rings is 2. The molecule has 38 heavy (non-hydrogen) atoms. The number of halogens is 7. The number of fused-ring (bicyclic) bond motifs is 1. The number of carbonyl (C=O) groups excluding carboxylic acids is 1. The second-order valence-corrected chi connectivity index (χ2v) is 10.1. The van der Waals surface area contributed by atoms with E-state index in [0.29, 0.717) is 18.3 Å². The Morgan fingerprint density at radius 3 is 2.55 bits per heavy atom. The Morgan fingerprint density at radius 1 is 1.32 bits per heavy atom. The molecule has 0 saturated carbocycles. The normalized spacial score (nSPS) is 20.7. The van der Waals surface area contributed by atoms with Gasteiger partial charge in [-0.2, -0.15) is 13.2 Å². The van der Waals surface area contributed by atoms with Gasteiger partial charge in [0.05, 0.1) is 21.9 Å². The fourth-order valence-corrected chi connectivity index (χ4v) is 5.07. The molecule has 0 spiro atoms. The summed E-state index contributed by atoms with van der Waals surface area (Å²) < 4.78 is 69.3. The first kappa shape index (κ1) is 28.1. The summed E-state index contributed by atoms with van der Waals surface area (Å²) >= 11 is 11.5. The molecule has 0 bridgehead atoms. The van der Waals surface area contributed by atoms with Crippen LogP contribution in [0.25, 0.3) is 16.7 Å². The number of amides is 1. The summed E-state index contributed by atoms with van der Waals surface area (Å²) in [5, 5.41) is 11.4. The van der Waals surface area contributed by atoms with Crippen molar-refractivity contribution < 1.29 is 31.9 Å². The average Bonchev–Trinajstić information content (AvgIpc) is 3.09. The molecule has 3 aromatic rings. The smallest absolute Gasteiger partial charge is 0.388 e. The average molecular weight is 579 g/mol. The van der Waals surface area contributed by atoms with Crippen LogP contribution in [0, 0.1) is 11.6 Å². The lowest BCUT2D eigenvalue weighted by Gasteiger charge is -2.24. The third kappa shape index (κ3) is 5.29. The van der Waals surface area contributed by atoms with Crippen LogP contribution in [0.2, 0.25) is 5.02 Å². The molecule has 1 aromatic carbocycles. The van der Waals surface area contributed by atoms with Crippen molar-refractivity contribution >= 4 is 46.0 Å². The Bertz CT molecular complexity index is 1450. The van der Waals surface area contributed by atoms with Crippen molar-refractivity contribution in [2.24, 2.45) is 0 Å². The van der Waals surface area contributed by atoms with E-state index in [1.807, 2.05) is 6.92 Å². The minimum atomic E-state index is -4.90. The quantitative estimate of drug-likeness (QED) is 0.342. The molecule has 0 unspecified atom stereocenters. The Hall–Kier alpha value is -2.96. The first-order chi connectivity index (χ1) is 17.6. The van der Waals surface area contributed by atoms with Gasteiger partial charge in [0, 0.05) is 24.8 Å². The van der Waals surface area contributed by atoms with Gasteiger partial charge in [-0.25, -0.2) is 13.8 Å². The molecule has 2 aromatic heterocycles. The minimum Gasteiger partial charge on any atom is -0.388 e. The number of anilines is 1. The molecule has 1 fully saturated rings. The van der Waals surface area contributed by atoms with E-state index in [2.05, 4.69) is 4.98 Å². The van der Waals surface area contributed by atoms with Gasteiger partial charge in [0.2, 0.25) is 5.43 Å². The predicted molar refractivity (Wildman–Crippen MR) is 132 cm³/mol. The van der Waals surface area contributed by atoms with E-state index in [1.54, 1.807) is 17.1 Å². The fourth-order valence-electron chi connectivity index (χ4n) is 4.53. The van der Waals surface area contributed by atoms with Crippen LogP contribution < -0.4 is 15.6 Å². The molecular formula is C24H21Cl2F5N4O3. The van der Waals surface area contributed by atoms with E-state index in [-0.39, 0.29) is 23.6 Å². The molecule has 3 heterocycles. The van der Waals surface area contributed by atoms with Crippen LogP contribution in [-0.4, -0.2) is 56.9 Å². The molecule has 0 aliphatic carbocycles. The number of β-amino-alcohol motifs (C(OH)–C–C–N with tert-alkyl or cyclic N) is 1. The molecular weight excluding hydrogens is 558 g/mol. The standard InChI is InChI=1S/C24H21Cl2F5N4O3/c1-11-7-23(2,38)10-35(11)18-4-3-13-20(36)14(22(37)32-17(8-25)24(29,30)31)9-34(21(13)33-18)19-15(26)5-12(27)6-16(19)28/h3-6,9,11,17,38H,7-8,10H2,1-2H3,(H,32,37)/t11-,17+,23+/m1/s1. The molecule has 204 valence electrons. The maximum Gasteiger partial charge on any atom is 0.409 e. The molecule has 1 aliphatic heterocycles. The lowest BCUT2D eigenvalue weighted by atomic mass is 10.0. The maximum atomic E-state index is 15.0. The number of benzene rings is 1. The van der Waals surface area contributed by atoms with Crippen molar-refractivity contribution in [3.63, 3.8) is 0 Å². The van der Waals surface area contributed by atoms with Crippen molar-refractivity contribution in [1.82, 2.24) is 14.9 Å². The maximum absolute atomic E-state index is 15.0. The topological polar surface area (TPSA) is 87.5 Å². The second-order valence-electron chi connectivity index (χ2n) is 9.40. The van der Waals surface area contributed by atoms with Gasteiger partial charge in [-0.3, -0.25) is 14.2 Å². The van der Waals surface area contributed by atoms with Crippen LogP contribution in [0.4, 0.5) is 27.8 Å². The Kier molecular flexibility index (Phi) is 7.36. The third-order valence-corrected chi connectivity index (χ3v) is 6.83. The van der Waals surface area contributed by atoms with Gasteiger partial charge < -0.3 is 15.3 Å². The van der Waals surface area contributed by atoms with Crippen molar-refractivity contribution in [3.05, 3.63) is 62.9 Å². The summed E-state index contributed by atoms with van der Waals surface area (Å²) in [4.78, 5) is 32.2. The highest BCUT2D eigenvalue weighted by Crippen LogP contribution is 2.33. The van der Waals surface area contributed by atoms with Crippen LogP contribution in [0.5, 0.6) is 0 Å². The van der Waals surface area contributed by atoms with E-state index in [0.717, 1.165) is 16.8 Å². The van der Waals surface area contributed by atoms with E-state index in [9.17, 15) is 36.6 Å². The number of alkyl halides is 4. The zero-order valence-corrected chi connectivity index (χ0v) is 21.4. The van der Waals surface area contributed by atoms with Crippen LogP contribution in [0.1, 0.15) is 30.6 Å². The number of carbonyl (C=O) groups is 1. The number of nitrogens with one attached hydrogen (secondary N) is 1. The SMILES string of the molecule is C[C@@H]1C[C@](C)(O)CN1c1ccc2c(=O)c(C(=O)N[C@@H](CCl)C(F)(F)F)cn(-c3c(F)cc(F)cc3Cl)c2n1. The number of aromatic nitrogens is 2. The monoisotopic (exact) mass is 578 g/mol. The number of rotatable bonds is 5. The zero-order chi connectivity index (χ0) is 28.2. The first-order valence-corrected chi connectivity index (χ1v) is 12.2. The Balaban J connectivity index is 1.96. The van der Waals surface area contributed by atoms with Gasteiger partial charge in [0.15, 0.2) is 11.5 Å². The summed E-state index contributed by atoms with van der Waals surface area (Å²) in [5.74, 6) is -4.31. The van der Waals surface area contributed by atoms with Gasteiger partial charge in [-0.1, -0.05) is 11.6 Å². The highest BCUT2D eigenvalue weighted by molar-refractivity contribution is 6.32. The minimum absolute atomic E-state index is 0.166. The van der Waals surface area contributed by atoms with Crippen LogP contribution in [0.3, 0.4) is 0 Å². The molecule has 1 amide bonds. The molecule has 1 aliphatic rings. The van der Waals surface area contributed by atoms with E-state index in [4.69, 9.17) is 23.2 Å².